The highest BCUT2D eigenvalue weighted by Gasteiger charge is 2.43. The van der Waals surface area contributed by atoms with Gasteiger partial charge in [0.1, 0.15) is 5.82 Å². The van der Waals surface area contributed by atoms with Crippen LogP contribution in [-0.4, -0.2) is 5.91 Å². The van der Waals surface area contributed by atoms with Crippen LogP contribution in [0.1, 0.15) is 18.1 Å². The zero-order valence-corrected chi connectivity index (χ0v) is 11.7. The molecule has 1 atom stereocenters. The lowest BCUT2D eigenvalue weighted by Crippen LogP contribution is -2.33. The minimum absolute atomic E-state index is 0.107. The Bertz CT molecular complexity index is 701. The van der Waals surface area contributed by atoms with Crippen molar-refractivity contribution in [2.24, 2.45) is 0 Å². The molecule has 1 heterocycles. The molecule has 0 bridgehead atoms. The second-order valence-corrected chi connectivity index (χ2v) is 5.66. The van der Waals surface area contributed by atoms with Gasteiger partial charge >= 0.3 is 0 Å². The molecule has 2 nitrogen and oxygen atoms in total. The molecular formula is C16H13ClFNO. The van der Waals surface area contributed by atoms with Gasteiger partial charge in [-0.05, 0) is 42.7 Å². The van der Waals surface area contributed by atoms with Gasteiger partial charge in [0.05, 0.1) is 16.1 Å². The Morgan fingerprint density at radius 3 is 2.75 bits per heavy atom. The summed E-state index contributed by atoms with van der Waals surface area (Å²) in [5, 5.41) is 3.35. The Morgan fingerprint density at radius 1 is 1.25 bits per heavy atom. The van der Waals surface area contributed by atoms with Gasteiger partial charge < -0.3 is 5.32 Å². The number of para-hydroxylation sites is 1. The maximum atomic E-state index is 13.3. The van der Waals surface area contributed by atoms with Gasteiger partial charge in [-0.3, -0.25) is 4.79 Å². The van der Waals surface area contributed by atoms with E-state index < -0.39 is 5.41 Å². The monoisotopic (exact) mass is 289 g/mol. The van der Waals surface area contributed by atoms with Gasteiger partial charge in [0, 0.05) is 0 Å². The average molecular weight is 290 g/mol. The Labute approximate surface area is 121 Å². The summed E-state index contributed by atoms with van der Waals surface area (Å²) in [7, 11) is 0. The van der Waals surface area contributed by atoms with Crippen LogP contribution in [0.5, 0.6) is 0 Å². The number of halogens is 2. The molecular weight excluding hydrogens is 277 g/mol. The third-order valence-electron chi connectivity index (χ3n) is 3.79. The number of nitrogens with one attached hydrogen (secondary N) is 1. The third kappa shape index (κ3) is 1.98. The van der Waals surface area contributed by atoms with E-state index in [2.05, 4.69) is 5.32 Å². The lowest BCUT2D eigenvalue weighted by Gasteiger charge is -2.22. The van der Waals surface area contributed by atoms with Crippen molar-refractivity contribution in [2.45, 2.75) is 18.8 Å². The van der Waals surface area contributed by atoms with E-state index in [1.807, 2.05) is 25.1 Å². The van der Waals surface area contributed by atoms with E-state index in [1.165, 1.54) is 12.1 Å². The van der Waals surface area contributed by atoms with Crippen molar-refractivity contribution in [3.63, 3.8) is 0 Å². The van der Waals surface area contributed by atoms with Crippen molar-refractivity contribution in [3.8, 4) is 0 Å². The van der Waals surface area contributed by atoms with E-state index in [9.17, 15) is 9.18 Å². The number of fused-ring (bicyclic) bond motifs is 1. The minimum Gasteiger partial charge on any atom is -0.324 e. The van der Waals surface area contributed by atoms with Gasteiger partial charge in [0.15, 0.2) is 0 Å². The van der Waals surface area contributed by atoms with Crippen molar-refractivity contribution in [1.82, 2.24) is 0 Å². The zero-order chi connectivity index (χ0) is 14.3. The molecule has 1 aliphatic rings. The van der Waals surface area contributed by atoms with Crippen molar-refractivity contribution in [2.75, 3.05) is 5.32 Å². The number of rotatable bonds is 2. The topological polar surface area (TPSA) is 29.1 Å². The van der Waals surface area contributed by atoms with Crippen LogP contribution in [0.25, 0.3) is 0 Å². The fourth-order valence-electron chi connectivity index (χ4n) is 2.72. The number of carbonyl (C=O) groups excluding carboxylic acids is 1. The van der Waals surface area contributed by atoms with Crippen LogP contribution in [0.2, 0.25) is 5.02 Å². The van der Waals surface area contributed by atoms with E-state index in [4.69, 9.17) is 11.6 Å². The van der Waals surface area contributed by atoms with Gasteiger partial charge in [-0.1, -0.05) is 35.9 Å². The first-order chi connectivity index (χ1) is 9.50. The van der Waals surface area contributed by atoms with Crippen LogP contribution in [0.15, 0.2) is 42.5 Å². The van der Waals surface area contributed by atoms with Gasteiger partial charge in [-0.25, -0.2) is 4.39 Å². The van der Waals surface area contributed by atoms with Crippen LogP contribution in [0, 0.1) is 5.82 Å². The van der Waals surface area contributed by atoms with Crippen molar-refractivity contribution in [3.05, 3.63) is 64.4 Å². The standard InChI is InChI=1S/C16H13ClFNO/c1-16(9-10-4-2-5-11(18)8-10)12-6-3-7-13(17)14(12)19-15(16)20/h2-8H,9H2,1H3,(H,19,20). The second-order valence-electron chi connectivity index (χ2n) is 5.26. The van der Waals surface area contributed by atoms with Gasteiger partial charge in [-0.15, -0.1) is 0 Å². The summed E-state index contributed by atoms with van der Waals surface area (Å²) >= 11 is 6.12. The van der Waals surface area contributed by atoms with Crippen LogP contribution < -0.4 is 5.32 Å². The molecule has 1 N–H and O–H groups in total. The third-order valence-corrected chi connectivity index (χ3v) is 4.11. The molecule has 1 amide bonds. The van der Waals surface area contributed by atoms with Crippen molar-refractivity contribution < 1.29 is 9.18 Å². The number of benzene rings is 2. The lowest BCUT2D eigenvalue weighted by atomic mass is 9.78. The normalized spacial score (nSPS) is 20.6. The smallest absolute Gasteiger partial charge is 0.235 e. The number of carbonyl (C=O) groups is 1. The minimum atomic E-state index is -0.728. The first-order valence-corrected chi connectivity index (χ1v) is 6.73. The van der Waals surface area contributed by atoms with Gasteiger partial charge in [-0.2, -0.15) is 0 Å². The number of hydrogen-bond acceptors (Lipinski definition) is 1. The van der Waals surface area contributed by atoms with E-state index >= 15 is 0 Å². The molecule has 0 fully saturated rings. The Kier molecular flexibility index (Phi) is 3.02. The van der Waals surface area contributed by atoms with Crippen LogP contribution in [0.4, 0.5) is 10.1 Å². The molecule has 0 spiro atoms. The first-order valence-electron chi connectivity index (χ1n) is 6.35. The second kappa shape index (κ2) is 4.60. The summed E-state index contributed by atoms with van der Waals surface area (Å²) in [4.78, 5) is 12.3. The molecule has 0 aromatic heterocycles. The molecule has 20 heavy (non-hydrogen) atoms. The van der Waals surface area contributed by atoms with Crippen LogP contribution in [0.3, 0.4) is 0 Å². The molecule has 0 saturated carbocycles. The lowest BCUT2D eigenvalue weighted by molar-refractivity contribution is -0.120. The summed E-state index contributed by atoms with van der Waals surface area (Å²) in [6.07, 6.45) is 0.434. The molecule has 1 unspecified atom stereocenters. The molecule has 0 radical (unpaired) electrons. The highest BCUT2D eigenvalue weighted by atomic mass is 35.5. The van der Waals surface area contributed by atoms with Crippen LogP contribution in [-0.2, 0) is 16.6 Å². The molecule has 102 valence electrons. The van der Waals surface area contributed by atoms with Gasteiger partial charge in [0.2, 0.25) is 5.91 Å². The summed E-state index contributed by atoms with van der Waals surface area (Å²) in [6, 6.07) is 11.8. The molecule has 0 aliphatic carbocycles. The predicted octanol–water partition coefficient (Wildman–Crippen LogP) is 3.93. The fourth-order valence-corrected chi connectivity index (χ4v) is 2.94. The molecule has 0 saturated heterocycles. The van der Waals surface area contributed by atoms with E-state index in [0.29, 0.717) is 17.1 Å². The fraction of sp³-hybridized carbons (Fsp3) is 0.188. The summed E-state index contributed by atoms with van der Waals surface area (Å²) < 4.78 is 13.3. The summed E-state index contributed by atoms with van der Waals surface area (Å²) in [6.45, 7) is 1.86. The molecule has 4 heteroatoms. The largest absolute Gasteiger partial charge is 0.324 e. The Hall–Kier alpha value is -1.87. The molecule has 3 rings (SSSR count). The Morgan fingerprint density at radius 2 is 2.00 bits per heavy atom. The van der Waals surface area contributed by atoms with E-state index in [1.54, 1.807) is 12.1 Å². The molecule has 2 aromatic rings. The highest BCUT2D eigenvalue weighted by Crippen LogP contribution is 2.43. The molecule has 2 aromatic carbocycles. The van der Waals surface area contributed by atoms with E-state index in [0.717, 1.165) is 11.1 Å². The zero-order valence-electron chi connectivity index (χ0n) is 10.9. The van der Waals surface area contributed by atoms with E-state index in [-0.39, 0.29) is 11.7 Å². The van der Waals surface area contributed by atoms with Gasteiger partial charge in [0.25, 0.3) is 0 Å². The predicted molar refractivity (Wildman–Crippen MR) is 77.5 cm³/mol. The number of anilines is 1. The maximum absolute atomic E-state index is 13.3. The maximum Gasteiger partial charge on any atom is 0.235 e. The summed E-state index contributed by atoms with van der Waals surface area (Å²) in [5.74, 6) is -0.402. The van der Waals surface area contributed by atoms with Crippen LogP contribution >= 0.6 is 11.6 Å². The Balaban J connectivity index is 2.05. The number of amides is 1. The van der Waals surface area contributed by atoms with Crippen molar-refractivity contribution in [1.29, 1.82) is 0 Å². The first kappa shape index (κ1) is 13.1. The average Bonchev–Trinajstić information content (AvgIpc) is 2.64. The van der Waals surface area contributed by atoms with Crippen molar-refractivity contribution >= 4 is 23.2 Å². The SMILES string of the molecule is CC1(Cc2cccc(F)c2)C(=O)Nc2c(Cl)cccc21. The number of hydrogen-bond donors (Lipinski definition) is 1. The molecule has 1 aliphatic heterocycles. The highest BCUT2D eigenvalue weighted by molar-refractivity contribution is 6.34. The summed E-state index contributed by atoms with van der Waals surface area (Å²) in [5.41, 5.74) is 1.58. The quantitative estimate of drug-likeness (QED) is 0.892.